The number of ether oxygens (including phenoxy) is 2. The van der Waals surface area contributed by atoms with Gasteiger partial charge in [-0.05, 0) is 53.7 Å². The third kappa shape index (κ3) is 6.69. The number of nitrogens with one attached hydrogen (secondary N) is 1. The Labute approximate surface area is 241 Å². The Morgan fingerprint density at radius 1 is 1.05 bits per heavy atom. The van der Waals surface area contributed by atoms with Gasteiger partial charge in [0.1, 0.15) is 24.7 Å². The minimum atomic E-state index is -0.929. The summed E-state index contributed by atoms with van der Waals surface area (Å²) in [6, 6.07) is 15.1. The van der Waals surface area contributed by atoms with Crippen LogP contribution in [-0.4, -0.2) is 61.4 Å². The molecular formula is C28H30N6O6S. The fourth-order valence-electron chi connectivity index (χ4n) is 4.04. The van der Waals surface area contributed by atoms with Gasteiger partial charge in [-0.1, -0.05) is 55.8 Å². The first-order valence-corrected chi connectivity index (χ1v) is 13.3. The summed E-state index contributed by atoms with van der Waals surface area (Å²) in [5.74, 6) is -1.56. The largest absolute Gasteiger partial charge is 0.506 e. The van der Waals surface area contributed by atoms with Gasteiger partial charge in [0.05, 0.1) is 12.7 Å². The SMILES string of the molecule is CCCCn1nnn(CN(CC(=O)OC)C(=O)Oc2cc(C(=O)Nc3ccccc3C)c(O)c3ccccc23)c1=S. The van der Waals surface area contributed by atoms with Crippen molar-refractivity contribution in [2.45, 2.75) is 39.9 Å². The van der Waals surface area contributed by atoms with Gasteiger partial charge in [0.25, 0.3) is 5.91 Å². The quantitative estimate of drug-likeness (QED) is 0.203. The summed E-state index contributed by atoms with van der Waals surface area (Å²) in [5, 5.41) is 22.5. The van der Waals surface area contributed by atoms with Crippen LogP contribution in [0.15, 0.2) is 54.6 Å². The highest BCUT2D eigenvalue weighted by atomic mass is 32.1. The number of unbranched alkanes of at least 4 members (excludes halogenated alkanes) is 1. The molecule has 0 aliphatic carbocycles. The predicted octanol–water partition coefficient (Wildman–Crippen LogP) is 4.66. The molecular weight excluding hydrogens is 548 g/mol. The Balaban J connectivity index is 1.67. The lowest BCUT2D eigenvalue weighted by atomic mass is 10.0. The summed E-state index contributed by atoms with van der Waals surface area (Å²) < 4.78 is 13.6. The fourth-order valence-corrected chi connectivity index (χ4v) is 4.27. The van der Waals surface area contributed by atoms with E-state index in [1.54, 1.807) is 36.4 Å². The topological polar surface area (TPSA) is 141 Å². The van der Waals surface area contributed by atoms with Crippen molar-refractivity contribution in [1.29, 1.82) is 0 Å². The minimum absolute atomic E-state index is 0.00314. The van der Waals surface area contributed by atoms with Crippen LogP contribution in [0.2, 0.25) is 0 Å². The molecule has 1 aromatic heterocycles. The molecule has 4 rings (SSSR count). The van der Waals surface area contributed by atoms with Gasteiger partial charge < -0.3 is 19.9 Å². The lowest BCUT2D eigenvalue weighted by molar-refractivity contribution is -0.141. The summed E-state index contributed by atoms with van der Waals surface area (Å²) in [6.45, 7) is 3.73. The summed E-state index contributed by atoms with van der Waals surface area (Å²) in [4.78, 5) is 39.9. The van der Waals surface area contributed by atoms with E-state index in [4.69, 9.17) is 21.7 Å². The van der Waals surface area contributed by atoms with E-state index in [9.17, 15) is 19.5 Å². The van der Waals surface area contributed by atoms with Crippen molar-refractivity contribution < 1.29 is 29.0 Å². The van der Waals surface area contributed by atoms with Crippen LogP contribution in [-0.2, 0) is 22.7 Å². The Bertz CT molecular complexity index is 1650. The van der Waals surface area contributed by atoms with Gasteiger partial charge in [0.15, 0.2) is 0 Å². The number of phenols is 1. The van der Waals surface area contributed by atoms with Crippen molar-refractivity contribution >= 4 is 46.6 Å². The molecule has 13 heteroatoms. The third-order valence-corrected chi connectivity index (χ3v) is 6.77. The van der Waals surface area contributed by atoms with Gasteiger partial charge in [-0.25, -0.2) is 9.48 Å². The molecule has 0 saturated heterocycles. The minimum Gasteiger partial charge on any atom is -0.506 e. The maximum absolute atomic E-state index is 13.4. The van der Waals surface area contributed by atoms with E-state index in [1.807, 2.05) is 26.0 Å². The van der Waals surface area contributed by atoms with E-state index in [1.165, 1.54) is 22.5 Å². The molecule has 0 unspecified atom stereocenters. The molecule has 2 amide bonds. The number of fused-ring (bicyclic) bond motifs is 1. The first kappa shape index (κ1) is 29.2. The summed E-state index contributed by atoms with van der Waals surface area (Å²) >= 11 is 5.44. The predicted molar refractivity (Wildman–Crippen MR) is 153 cm³/mol. The van der Waals surface area contributed by atoms with E-state index >= 15 is 0 Å². The first-order chi connectivity index (χ1) is 19.7. The maximum Gasteiger partial charge on any atom is 0.417 e. The van der Waals surface area contributed by atoms with Crippen molar-refractivity contribution in [2.75, 3.05) is 19.0 Å². The number of anilines is 1. The molecule has 0 spiro atoms. The Hall–Kier alpha value is -4.78. The van der Waals surface area contributed by atoms with E-state index in [2.05, 4.69) is 15.7 Å². The summed E-state index contributed by atoms with van der Waals surface area (Å²) in [7, 11) is 1.20. The average Bonchev–Trinajstić information content (AvgIpc) is 3.32. The van der Waals surface area contributed by atoms with E-state index in [0.717, 1.165) is 23.3 Å². The Morgan fingerprint density at radius 2 is 1.73 bits per heavy atom. The highest BCUT2D eigenvalue weighted by Crippen LogP contribution is 2.37. The van der Waals surface area contributed by atoms with Crippen LogP contribution < -0.4 is 10.1 Å². The number of para-hydroxylation sites is 1. The van der Waals surface area contributed by atoms with E-state index < -0.39 is 24.5 Å². The van der Waals surface area contributed by atoms with Crippen LogP contribution >= 0.6 is 12.2 Å². The normalized spacial score (nSPS) is 10.8. The molecule has 0 atom stereocenters. The van der Waals surface area contributed by atoms with Gasteiger partial charge in [-0.2, -0.15) is 4.68 Å². The number of hydrogen-bond donors (Lipinski definition) is 2. The van der Waals surface area contributed by atoms with Crippen LogP contribution in [0.3, 0.4) is 0 Å². The lowest BCUT2D eigenvalue weighted by Crippen LogP contribution is -2.39. The third-order valence-electron chi connectivity index (χ3n) is 6.34. The smallest absolute Gasteiger partial charge is 0.417 e. The van der Waals surface area contributed by atoms with Crippen LogP contribution in [0.4, 0.5) is 10.5 Å². The maximum atomic E-state index is 13.4. The number of hydrogen-bond acceptors (Lipinski definition) is 9. The number of carbonyl (C=O) groups is 3. The number of tetrazole rings is 1. The number of aromatic hydroxyl groups is 1. The highest BCUT2D eigenvalue weighted by molar-refractivity contribution is 7.71. The van der Waals surface area contributed by atoms with Crippen molar-refractivity contribution in [1.82, 2.24) is 24.7 Å². The number of aryl methyl sites for hydroxylation is 2. The average molecular weight is 579 g/mol. The van der Waals surface area contributed by atoms with Gasteiger partial charge in [-0.3, -0.25) is 14.5 Å². The molecule has 0 bridgehead atoms. The second-order valence-electron chi connectivity index (χ2n) is 9.21. The molecule has 0 aliphatic heterocycles. The zero-order chi connectivity index (χ0) is 29.5. The standard InChI is InChI=1S/C28H30N6O6S/c1-4-5-14-33-27(41)34(31-30-33)17-32(16-24(35)39-3)28(38)40-23-15-21(25(36)20-12-8-7-11-19(20)23)26(37)29-22-13-9-6-10-18(22)2/h6-13,15,36H,4-5,14,16-17H2,1-3H3,(H,29,37). The first-order valence-electron chi connectivity index (χ1n) is 12.9. The van der Waals surface area contributed by atoms with Crippen LogP contribution in [0.5, 0.6) is 11.5 Å². The lowest BCUT2D eigenvalue weighted by Gasteiger charge is -2.21. The van der Waals surface area contributed by atoms with Gasteiger partial charge in [0, 0.05) is 23.0 Å². The molecule has 12 nitrogen and oxygen atoms in total. The zero-order valence-electron chi connectivity index (χ0n) is 22.9. The molecule has 41 heavy (non-hydrogen) atoms. The van der Waals surface area contributed by atoms with Gasteiger partial charge in [0.2, 0.25) is 4.77 Å². The number of aromatic nitrogens is 4. The van der Waals surface area contributed by atoms with Crippen molar-refractivity contribution in [2.24, 2.45) is 0 Å². The molecule has 1 heterocycles. The second kappa shape index (κ2) is 13.0. The second-order valence-corrected chi connectivity index (χ2v) is 9.57. The molecule has 3 aromatic carbocycles. The molecule has 2 N–H and O–H groups in total. The molecule has 214 valence electrons. The Kier molecular flexibility index (Phi) is 9.30. The summed E-state index contributed by atoms with van der Waals surface area (Å²) in [5.41, 5.74) is 1.29. The van der Waals surface area contributed by atoms with Crippen molar-refractivity contribution in [3.05, 3.63) is 70.5 Å². The van der Waals surface area contributed by atoms with Crippen LogP contribution in [0, 0.1) is 11.7 Å². The number of nitrogens with zero attached hydrogens (tertiary/aromatic N) is 5. The Morgan fingerprint density at radius 3 is 2.44 bits per heavy atom. The van der Waals surface area contributed by atoms with Gasteiger partial charge in [-0.15, -0.1) is 0 Å². The molecule has 4 aromatic rings. The monoisotopic (exact) mass is 578 g/mol. The molecule has 0 saturated carbocycles. The van der Waals surface area contributed by atoms with E-state index in [0.29, 0.717) is 23.0 Å². The number of methoxy groups -OCH3 is 1. The number of esters is 1. The fraction of sp³-hybridized carbons (Fsp3) is 0.286. The molecule has 0 fully saturated rings. The zero-order valence-corrected chi connectivity index (χ0v) is 23.7. The number of rotatable bonds is 10. The van der Waals surface area contributed by atoms with Crippen molar-refractivity contribution in [3.63, 3.8) is 0 Å². The molecule has 0 aliphatic rings. The van der Waals surface area contributed by atoms with Crippen LogP contribution in [0.25, 0.3) is 10.8 Å². The number of carbonyl (C=O) groups excluding carboxylic acids is 3. The number of phenolic OH excluding ortho intramolecular Hbond substituents is 1. The van der Waals surface area contributed by atoms with E-state index in [-0.39, 0.29) is 28.5 Å². The van der Waals surface area contributed by atoms with Crippen molar-refractivity contribution in [3.8, 4) is 11.5 Å². The van der Waals surface area contributed by atoms with Crippen LogP contribution in [0.1, 0.15) is 35.7 Å². The summed E-state index contributed by atoms with van der Waals surface area (Å²) in [6.07, 6.45) is 0.844. The number of benzene rings is 3. The highest BCUT2D eigenvalue weighted by Gasteiger charge is 2.25. The van der Waals surface area contributed by atoms with Gasteiger partial charge >= 0.3 is 12.1 Å². The number of amides is 2. The molecule has 0 radical (unpaired) electrons.